The minimum atomic E-state index is -0.302. The molecule has 1 fully saturated rings. The summed E-state index contributed by atoms with van der Waals surface area (Å²) in [5.74, 6) is 2.20. The SMILES string of the molecule is CCn1nc(C)cc1CC(O)C1CSCCN1C. The van der Waals surface area contributed by atoms with Crippen LogP contribution in [0.25, 0.3) is 0 Å². The van der Waals surface area contributed by atoms with Crippen LogP contribution >= 0.6 is 11.8 Å². The van der Waals surface area contributed by atoms with Gasteiger partial charge in [-0.15, -0.1) is 0 Å². The highest BCUT2D eigenvalue weighted by Crippen LogP contribution is 2.20. The highest BCUT2D eigenvalue weighted by molar-refractivity contribution is 7.99. The molecule has 5 heteroatoms. The molecule has 102 valence electrons. The summed E-state index contributed by atoms with van der Waals surface area (Å²) >= 11 is 1.94. The van der Waals surface area contributed by atoms with E-state index in [1.165, 1.54) is 5.75 Å². The highest BCUT2D eigenvalue weighted by Gasteiger charge is 2.27. The van der Waals surface area contributed by atoms with Gasteiger partial charge in [0.05, 0.1) is 11.8 Å². The summed E-state index contributed by atoms with van der Waals surface area (Å²) < 4.78 is 1.99. The molecule has 1 aromatic heterocycles. The van der Waals surface area contributed by atoms with E-state index in [2.05, 4.69) is 30.0 Å². The molecule has 0 aromatic carbocycles. The number of hydrogen-bond acceptors (Lipinski definition) is 4. The van der Waals surface area contributed by atoms with Crippen LogP contribution in [0.2, 0.25) is 0 Å². The number of likely N-dealkylation sites (N-methyl/N-ethyl adjacent to an activating group) is 1. The Morgan fingerprint density at radius 1 is 1.61 bits per heavy atom. The fraction of sp³-hybridized carbons (Fsp3) is 0.769. The number of thioether (sulfide) groups is 1. The van der Waals surface area contributed by atoms with Crippen LogP contribution in [0.5, 0.6) is 0 Å². The van der Waals surface area contributed by atoms with Gasteiger partial charge in [-0.25, -0.2) is 0 Å². The molecular weight excluding hydrogens is 246 g/mol. The Morgan fingerprint density at radius 3 is 3.06 bits per heavy atom. The van der Waals surface area contributed by atoms with Crippen LogP contribution in [0.15, 0.2) is 6.07 Å². The second kappa shape index (κ2) is 6.08. The Labute approximate surface area is 113 Å². The Balaban J connectivity index is 2.03. The molecule has 2 heterocycles. The van der Waals surface area contributed by atoms with Crippen molar-refractivity contribution in [3.05, 3.63) is 17.5 Å². The van der Waals surface area contributed by atoms with E-state index in [1.807, 2.05) is 23.4 Å². The summed E-state index contributed by atoms with van der Waals surface area (Å²) in [6, 6.07) is 2.35. The van der Waals surface area contributed by atoms with E-state index in [0.29, 0.717) is 6.42 Å². The topological polar surface area (TPSA) is 41.3 Å². The second-order valence-corrected chi connectivity index (χ2v) is 6.14. The molecule has 1 N–H and O–H groups in total. The van der Waals surface area contributed by atoms with Crippen LogP contribution < -0.4 is 0 Å². The Kier molecular flexibility index (Phi) is 4.70. The first kappa shape index (κ1) is 13.9. The molecule has 18 heavy (non-hydrogen) atoms. The van der Waals surface area contributed by atoms with Gasteiger partial charge in [0.2, 0.25) is 0 Å². The number of hydrogen-bond donors (Lipinski definition) is 1. The number of aliphatic hydroxyl groups excluding tert-OH is 1. The number of nitrogens with zero attached hydrogens (tertiary/aromatic N) is 3. The zero-order valence-corrected chi connectivity index (χ0v) is 12.3. The minimum Gasteiger partial charge on any atom is -0.391 e. The fourth-order valence-corrected chi connectivity index (χ4v) is 3.80. The van der Waals surface area contributed by atoms with Gasteiger partial charge in [0, 0.05) is 42.8 Å². The van der Waals surface area contributed by atoms with Crippen LogP contribution in [0.3, 0.4) is 0 Å². The van der Waals surface area contributed by atoms with Gasteiger partial charge in [0.1, 0.15) is 0 Å². The van der Waals surface area contributed by atoms with Crippen molar-refractivity contribution in [3.63, 3.8) is 0 Å². The number of rotatable bonds is 4. The van der Waals surface area contributed by atoms with E-state index in [1.54, 1.807) is 0 Å². The standard InChI is InChI=1S/C13H23N3OS/c1-4-16-11(7-10(2)14-16)8-13(17)12-9-18-6-5-15(12)3/h7,12-13,17H,4-6,8-9H2,1-3H3. The third-order valence-corrected chi connectivity index (χ3v) is 4.64. The van der Waals surface area contributed by atoms with Gasteiger partial charge in [0.15, 0.2) is 0 Å². The predicted molar refractivity (Wildman–Crippen MR) is 76.1 cm³/mol. The van der Waals surface area contributed by atoms with E-state index in [0.717, 1.165) is 30.2 Å². The molecule has 2 unspecified atom stereocenters. The zero-order valence-electron chi connectivity index (χ0n) is 11.5. The lowest BCUT2D eigenvalue weighted by atomic mass is 10.1. The monoisotopic (exact) mass is 269 g/mol. The molecule has 1 aromatic rings. The smallest absolute Gasteiger partial charge is 0.0758 e. The average Bonchev–Trinajstić information content (AvgIpc) is 2.70. The molecule has 0 amide bonds. The van der Waals surface area contributed by atoms with Crippen LogP contribution in [-0.2, 0) is 13.0 Å². The van der Waals surface area contributed by atoms with Crippen molar-refractivity contribution in [1.29, 1.82) is 0 Å². The summed E-state index contributed by atoms with van der Waals surface area (Å²) in [5.41, 5.74) is 2.18. The van der Waals surface area contributed by atoms with Gasteiger partial charge in [-0.1, -0.05) is 0 Å². The van der Waals surface area contributed by atoms with E-state index >= 15 is 0 Å². The second-order valence-electron chi connectivity index (χ2n) is 4.99. The van der Waals surface area contributed by atoms with Gasteiger partial charge in [0.25, 0.3) is 0 Å². The third kappa shape index (κ3) is 3.08. The summed E-state index contributed by atoms with van der Waals surface area (Å²) in [7, 11) is 2.11. The molecule has 1 aliphatic rings. The molecule has 1 aliphatic heterocycles. The van der Waals surface area contributed by atoms with Gasteiger partial charge in [-0.05, 0) is 27.0 Å². The zero-order chi connectivity index (χ0) is 13.1. The van der Waals surface area contributed by atoms with Crippen molar-refractivity contribution in [1.82, 2.24) is 14.7 Å². The van der Waals surface area contributed by atoms with Crippen LogP contribution in [0.1, 0.15) is 18.3 Å². The van der Waals surface area contributed by atoms with Gasteiger partial charge >= 0.3 is 0 Å². The van der Waals surface area contributed by atoms with Crippen molar-refractivity contribution < 1.29 is 5.11 Å². The normalized spacial score (nSPS) is 23.2. The molecule has 0 saturated carbocycles. The number of aromatic nitrogens is 2. The van der Waals surface area contributed by atoms with E-state index in [-0.39, 0.29) is 12.1 Å². The maximum atomic E-state index is 10.4. The van der Waals surface area contributed by atoms with Crippen molar-refractivity contribution in [2.45, 2.75) is 39.0 Å². The van der Waals surface area contributed by atoms with Gasteiger partial charge in [-0.2, -0.15) is 16.9 Å². The molecule has 0 radical (unpaired) electrons. The Bertz CT molecular complexity index is 394. The number of aliphatic hydroxyl groups is 1. The van der Waals surface area contributed by atoms with Crippen molar-refractivity contribution in [2.75, 3.05) is 25.1 Å². The quantitative estimate of drug-likeness (QED) is 0.891. The lowest BCUT2D eigenvalue weighted by Crippen LogP contribution is -2.47. The lowest BCUT2D eigenvalue weighted by Gasteiger charge is -2.35. The van der Waals surface area contributed by atoms with Crippen molar-refractivity contribution in [2.24, 2.45) is 0 Å². The molecule has 0 aliphatic carbocycles. The Morgan fingerprint density at radius 2 is 2.39 bits per heavy atom. The average molecular weight is 269 g/mol. The first-order chi connectivity index (χ1) is 8.61. The fourth-order valence-electron chi connectivity index (χ4n) is 2.50. The lowest BCUT2D eigenvalue weighted by molar-refractivity contribution is 0.0747. The third-order valence-electron chi connectivity index (χ3n) is 3.59. The van der Waals surface area contributed by atoms with Gasteiger partial charge < -0.3 is 5.11 Å². The number of aryl methyl sites for hydroxylation is 2. The largest absolute Gasteiger partial charge is 0.391 e. The van der Waals surface area contributed by atoms with Crippen molar-refractivity contribution >= 4 is 11.8 Å². The molecular formula is C13H23N3OS. The first-order valence-electron chi connectivity index (χ1n) is 6.61. The maximum absolute atomic E-state index is 10.4. The minimum absolute atomic E-state index is 0.268. The molecule has 2 rings (SSSR count). The summed E-state index contributed by atoms with van der Waals surface area (Å²) in [6.45, 7) is 6.03. The van der Waals surface area contributed by atoms with Crippen LogP contribution in [0, 0.1) is 6.92 Å². The van der Waals surface area contributed by atoms with Crippen LogP contribution in [-0.4, -0.2) is 57.0 Å². The first-order valence-corrected chi connectivity index (χ1v) is 7.76. The molecule has 0 bridgehead atoms. The molecule has 1 saturated heterocycles. The summed E-state index contributed by atoms with van der Waals surface area (Å²) in [5, 5.41) is 14.9. The molecule has 0 spiro atoms. The van der Waals surface area contributed by atoms with Gasteiger partial charge in [-0.3, -0.25) is 9.58 Å². The Hall–Kier alpha value is -0.520. The summed E-state index contributed by atoms with van der Waals surface area (Å²) in [6.07, 6.45) is 0.397. The van der Waals surface area contributed by atoms with E-state index in [4.69, 9.17) is 0 Å². The van der Waals surface area contributed by atoms with E-state index < -0.39 is 0 Å². The highest BCUT2D eigenvalue weighted by atomic mass is 32.2. The maximum Gasteiger partial charge on any atom is 0.0758 e. The molecule has 2 atom stereocenters. The van der Waals surface area contributed by atoms with Crippen LogP contribution in [0.4, 0.5) is 0 Å². The molecule has 4 nitrogen and oxygen atoms in total. The van der Waals surface area contributed by atoms with Crippen molar-refractivity contribution in [3.8, 4) is 0 Å². The summed E-state index contributed by atoms with van der Waals surface area (Å²) in [4.78, 5) is 2.28. The predicted octanol–water partition coefficient (Wildman–Crippen LogP) is 1.16. The van der Waals surface area contributed by atoms with E-state index in [9.17, 15) is 5.11 Å².